The van der Waals surface area contributed by atoms with Gasteiger partial charge in [0.15, 0.2) is 6.29 Å². The lowest BCUT2D eigenvalue weighted by molar-refractivity contribution is -0.105. The van der Waals surface area contributed by atoms with Crippen molar-refractivity contribution >= 4 is 0 Å². The highest BCUT2D eigenvalue weighted by Gasteiger charge is 2.15. The Labute approximate surface area is 131 Å². The highest BCUT2D eigenvalue weighted by atomic mass is 16.7. The van der Waals surface area contributed by atoms with Crippen molar-refractivity contribution in [3.63, 3.8) is 0 Å². The van der Waals surface area contributed by atoms with E-state index in [1.165, 1.54) is 0 Å². The number of aryl methyl sites for hydroxylation is 1. The van der Waals surface area contributed by atoms with Gasteiger partial charge < -0.3 is 14.6 Å². The maximum atomic E-state index is 9.27. The molecule has 0 radical (unpaired) electrons. The van der Waals surface area contributed by atoms with E-state index in [-0.39, 0.29) is 12.9 Å². The molecule has 116 valence electrons. The van der Waals surface area contributed by atoms with E-state index in [1.54, 1.807) is 0 Å². The predicted molar refractivity (Wildman–Crippen MR) is 86.8 cm³/mol. The summed E-state index contributed by atoms with van der Waals surface area (Å²) in [5, 5.41) is 9.27. The number of hydrogen-bond donors (Lipinski definition) is 1. The summed E-state index contributed by atoms with van der Waals surface area (Å²) in [6.07, 6.45) is 3.13. The minimum Gasteiger partial charge on any atom is -0.465 e. The second kappa shape index (κ2) is 6.95. The Morgan fingerprint density at radius 1 is 1.18 bits per heavy atom. The molecule has 22 heavy (non-hydrogen) atoms. The van der Waals surface area contributed by atoms with Crippen LogP contribution in [0.4, 0.5) is 0 Å². The smallest absolute Gasteiger partial charge is 0.199 e. The molecule has 2 aromatic carbocycles. The van der Waals surface area contributed by atoms with Crippen LogP contribution in [0.5, 0.6) is 5.75 Å². The van der Waals surface area contributed by atoms with E-state index >= 15 is 0 Å². The van der Waals surface area contributed by atoms with Crippen molar-refractivity contribution in [1.29, 1.82) is 0 Å². The summed E-state index contributed by atoms with van der Waals surface area (Å²) in [5.41, 5.74) is 4.35. The Balaban J connectivity index is 1.79. The molecule has 1 atom stereocenters. The summed E-state index contributed by atoms with van der Waals surface area (Å²) in [6, 6.07) is 14.1. The molecule has 0 aromatic heterocycles. The molecule has 1 aliphatic heterocycles. The van der Waals surface area contributed by atoms with Crippen molar-refractivity contribution in [2.24, 2.45) is 0 Å². The van der Waals surface area contributed by atoms with Crippen molar-refractivity contribution in [2.75, 3.05) is 6.61 Å². The molecule has 3 rings (SSSR count). The van der Waals surface area contributed by atoms with E-state index in [9.17, 15) is 5.11 Å². The molecule has 2 aromatic rings. The van der Waals surface area contributed by atoms with Gasteiger partial charge in [-0.25, -0.2) is 0 Å². The first-order chi connectivity index (χ1) is 10.8. The van der Waals surface area contributed by atoms with Crippen LogP contribution in [0, 0.1) is 6.92 Å². The first-order valence-electron chi connectivity index (χ1n) is 7.85. The van der Waals surface area contributed by atoms with E-state index < -0.39 is 0 Å². The van der Waals surface area contributed by atoms with Crippen LogP contribution in [0.2, 0.25) is 0 Å². The summed E-state index contributed by atoms with van der Waals surface area (Å²) in [5.74, 6) is 0.853. The van der Waals surface area contributed by atoms with Crippen LogP contribution in [0.3, 0.4) is 0 Å². The van der Waals surface area contributed by atoms with E-state index in [1.807, 2.05) is 24.3 Å². The fourth-order valence-electron chi connectivity index (χ4n) is 2.83. The van der Waals surface area contributed by atoms with Gasteiger partial charge in [0, 0.05) is 6.42 Å². The molecule has 1 saturated heterocycles. The first kappa shape index (κ1) is 15.1. The van der Waals surface area contributed by atoms with Crippen LogP contribution in [-0.4, -0.2) is 18.0 Å². The average molecular weight is 298 g/mol. The van der Waals surface area contributed by atoms with Gasteiger partial charge in [-0.2, -0.15) is 0 Å². The zero-order valence-corrected chi connectivity index (χ0v) is 12.9. The predicted octanol–water partition coefficient (Wildman–Crippen LogP) is 4.06. The van der Waals surface area contributed by atoms with Crippen LogP contribution >= 0.6 is 0 Å². The second-order valence-corrected chi connectivity index (χ2v) is 5.75. The lowest BCUT2D eigenvalue weighted by Gasteiger charge is -2.23. The number of benzene rings is 2. The summed E-state index contributed by atoms with van der Waals surface area (Å²) >= 11 is 0. The summed E-state index contributed by atoms with van der Waals surface area (Å²) < 4.78 is 11.5. The van der Waals surface area contributed by atoms with E-state index in [0.29, 0.717) is 0 Å². The molecule has 0 bridgehead atoms. The number of ether oxygens (including phenoxy) is 2. The zero-order valence-electron chi connectivity index (χ0n) is 12.9. The average Bonchev–Trinajstić information content (AvgIpc) is 2.56. The van der Waals surface area contributed by atoms with Gasteiger partial charge in [-0.1, -0.05) is 24.3 Å². The molecule has 1 aliphatic rings. The molecule has 3 nitrogen and oxygen atoms in total. The Morgan fingerprint density at radius 2 is 2.09 bits per heavy atom. The third kappa shape index (κ3) is 3.49. The normalized spacial score (nSPS) is 18.2. The molecule has 1 heterocycles. The maximum absolute atomic E-state index is 9.27. The van der Waals surface area contributed by atoms with Gasteiger partial charge in [0.2, 0.25) is 0 Å². The monoisotopic (exact) mass is 298 g/mol. The number of aliphatic hydroxyl groups excluding tert-OH is 1. The first-order valence-corrected chi connectivity index (χ1v) is 7.85. The second-order valence-electron chi connectivity index (χ2n) is 5.75. The van der Waals surface area contributed by atoms with E-state index in [4.69, 9.17) is 9.47 Å². The summed E-state index contributed by atoms with van der Waals surface area (Å²) in [6.45, 7) is 2.93. The zero-order chi connectivity index (χ0) is 15.4. The van der Waals surface area contributed by atoms with E-state index in [0.717, 1.165) is 53.9 Å². The van der Waals surface area contributed by atoms with Gasteiger partial charge >= 0.3 is 0 Å². The Kier molecular flexibility index (Phi) is 4.76. The minimum atomic E-state index is -0.114. The molecule has 3 heteroatoms. The fraction of sp³-hybridized carbons (Fsp3) is 0.368. The molecular formula is C19H22O3. The molecule has 0 aliphatic carbocycles. The molecule has 1 fully saturated rings. The highest BCUT2D eigenvalue weighted by Crippen LogP contribution is 2.29. The molecule has 1 unspecified atom stereocenters. The summed E-state index contributed by atoms with van der Waals surface area (Å²) in [4.78, 5) is 0. The van der Waals surface area contributed by atoms with E-state index in [2.05, 4.69) is 25.1 Å². The highest BCUT2D eigenvalue weighted by molar-refractivity contribution is 5.68. The van der Waals surface area contributed by atoms with Crippen molar-refractivity contribution in [3.05, 3.63) is 53.6 Å². The van der Waals surface area contributed by atoms with Crippen molar-refractivity contribution in [2.45, 2.75) is 39.1 Å². The van der Waals surface area contributed by atoms with Crippen LogP contribution in [-0.2, 0) is 11.3 Å². The number of hydrogen-bond acceptors (Lipinski definition) is 3. The molecule has 0 amide bonds. The number of rotatable bonds is 4. The topological polar surface area (TPSA) is 38.7 Å². The molecular weight excluding hydrogens is 276 g/mol. The van der Waals surface area contributed by atoms with Gasteiger partial charge in [0.05, 0.1) is 13.2 Å². The van der Waals surface area contributed by atoms with Crippen molar-refractivity contribution in [3.8, 4) is 16.9 Å². The number of aliphatic hydroxyl groups is 1. The minimum absolute atomic E-state index is 0.0626. The van der Waals surface area contributed by atoms with Crippen LogP contribution in [0.1, 0.15) is 30.4 Å². The quantitative estimate of drug-likeness (QED) is 0.925. The van der Waals surface area contributed by atoms with Crippen molar-refractivity contribution < 1.29 is 14.6 Å². The molecule has 0 saturated carbocycles. The van der Waals surface area contributed by atoms with Gasteiger partial charge in [-0.05, 0) is 60.2 Å². The lowest BCUT2D eigenvalue weighted by atomic mass is 9.99. The van der Waals surface area contributed by atoms with Crippen LogP contribution in [0.15, 0.2) is 42.5 Å². The van der Waals surface area contributed by atoms with Gasteiger partial charge in [-0.15, -0.1) is 0 Å². The fourth-order valence-corrected chi connectivity index (χ4v) is 2.83. The Bertz CT molecular complexity index is 630. The Hall–Kier alpha value is -1.84. The van der Waals surface area contributed by atoms with Gasteiger partial charge in [0.25, 0.3) is 0 Å². The maximum Gasteiger partial charge on any atom is 0.199 e. The van der Waals surface area contributed by atoms with Gasteiger partial charge in [-0.3, -0.25) is 0 Å². The standard InChI is InChI=1S/C19H22O3/c1-14-11-17(22-19-7-2-3-10-21-19)8-9-18(14)16-6-4-5-15(12-16)13-20/h4-6,8-9,11-12,19-20H,2-3,7,10,13H2,1H3. The van der Waals surface area contributed by atoms with Crippen molar-refractivity contribution in [1.82, 2.24) is 0 Å². The largest absolute Gasteiger partial charge is 0.465 e. The third-order valence-corrected chi connectivity index (χ3v) is 4.02. The van der Waals surface area contributed by atoms with Gasteiger partial charge in [0.1, 0.15) is 5.75 Å². The summed E-state index contributed by atoms with van der Waals surface area (Å²) in [7, 11) is 0. The van der Waals surface area contributed by atoms with Crippen LogP contribution in [0.25, 0.3) is 11.1 Å². The lowest BCUT2D eigenvalue weighted by Crippen LogP contribution is -2.24. The third-order valence-electron chi connectivity index (χ3n) is 4.02. The molecule has 1 N–H and O–H groups in total. The van der Waals surface area contributed by atoms with Crippen LogP contribution < -0.4 is 4.74 Å². The Morgan fingerprint density at radius 3 is 2.82 bits per heavy atom. The SMILES string of the molecule is Cc1cc(OC2CCCCO2)ccc1-c1cccc(CO)c1. The molecule has 0 spiro atoms.